The van der Waals surface area contributed by atoms with Gasteiger partial charge in [0.05, 0.1) is 35.8 Å². The molecule has 12 rings (SSSR count). The van der Waals surface area contributed by atoms with Crippen LogP contribution in [0.3, 0.4) is 0 Å². The van der Waals surface area contributed by atoms with Crippen molar-refractivity contribution in [3.63, 3.8) is 0 Å². The first kappa shape index (κ1) is 23.5. The van der Waals surface area contributed by atoms with Gasteiger partial charge in [-0.15, -0.1) is 11.3 Å². The molecule has 0 atom stereocenters. The summed E-state index contributed by atoms with van der Waals surface area (Å²) in [6, 6.07) is 34.5. The van der Waals surface area contributed by atoms with Crippen molar-refractivity contribution in [2.45, 2.75) is 0 Å². The van der Waals surface area contributed by atoms with Crippen molar-refractivity contribution in [3.8, 4) is 51.0 Å². The van der Waals surface area contributed by atoms with E-state index in [1.807, 2.05) is 54.6 Å². The number of thiophene rings is 1. The molecule has 266 valence electrons. The Kier molecular flexibility index (Phi) is 5.18. The summed E-state index contributed by atoms with van der Waals surface area (Å²) in [6.45, 7) is 0. The Bertz CT molecular complexity index is 4120. The van der Waals surface area contributed by atoms with Crippen molar-refractivity contribution in [3.05, 3.63) is 182 Å². The number of furan rings is 1. The third-order valence-corrected chi connectivity index (χ3v) is 11.6. The first-order valence-corrected chi connectivity index (χ1v) is 19.0. The molecule has 0 aliphatic carbocycles. The SMILES string of the molecule is [2H]c1cc2c(c([2H])c1[2H])c1c([2H])c([2H])cc([2H])c1n2-c1cc([2H])c([2H])c2oc3c([2H])c([2H])cc(-c4nc(-c5ccccc5)nc(-c5ccc6c(c5)sc5c(-c7ccccc7)cccc56)n4)c3c12. The highest BCUT2D eigenvalue weighted by Gasteiger charge is 2.22. The minimum Gasteiger partial charge on any atom is -0.456 e. The maximum atomic E-state index is 9.15. The van der Waals surface area contributed by atoms with Crippen LogP contribution >= 0.6 is 11.3 Å². The molecule has 0 aliphatic rings. The second kappa shape index (κ2) is 12.6. The molecule has 12 aromatic rings. The minimum atomic E-state index is -0.401. The molecule has 0 fully saturated rings. The van der Waals surface area contributed by atoms with Crippen molar-refractivity contribution in [2.24, 2.45) is 0 Å². The van der Waals surface area contributed by atoms with Crippen LogP contribution in [0.5, 0.6) is 0 Å². The molecule has 0 bridgehead atoms. The maximum absolute atomic E-state index is 9.15. The zero-order chi connectivity index (χ0) is 46.2. The lowest BCUT2D eigenvalue weighted by Crippen LogP contribution is -2.00. The fourth-order valence-electron chi connectivity index (χ4n) is 7.85. The zero-order valence-electron chi connectivity index (χ0n) is 39.7. The van der Waals surface area contributed by atoms with E-state index in [2.05, 4.69) is 42.5 Å². The molecule has 0 saturated carbocycles. The lowest BCUT2D eigenvalue weighted by atomic mass is 10.0. The Morgan fingerprint density at radius 3 is 2.07 bits per heavy atom. The van der Waals surface area contributed by atoms with Gasteiger partial charge in [-0.3, -0.25) is 0 Å². The Labute approximate surface area is 344 Å². The maximum Gasteiger partial charge on any atom is 0.164 e. The fraction of sp³-hybridized carbons (Fsp3) is 0. The van der Waals surface area contributed by atoms with Crippen LogP contribution in [0.1, 0.15) is 13.7 Å². The van der Waals surface area contributed by atoms with E-state index >= 15 is 0 Å². The molecule has 5 nitrogen and oxygen atoms in total. The number of hydrogen-bond acceptors (Lipinski definition) is 5. The highest BCUT2D eigenvalue weighted by atomic mass is 32.1. The smallest absolute Gasteiger partial charge is 0.164 e. The van der Waals surface area contributed by atoms with Gasteiger partial charge in [0.1, 0.15) is 11.2 Å². The number of nitrogens with zero attached hydrogens (tertiary/aromatic N) is 4. The first-order valence-electron chi connectivity index (χ1n) is 23.2. The predicted molar refractivity (Wildman–Crippen MR) is 236 cm³/mol. The van der Waals surface area contributed by atoms with Gasteiger partial charge in [-0.2, -0.15) is 0 Å². The summed E-state index contributed by atoms with van der Waals surface area (Å²) in [5.74, 6) is 0.779. The topological polar surface area (TPSA) is 56.7 Å². The Hall–Kier alpha value is -7.41. The van der Waals surface area contributed by atoms with E-state index < -0.39 is 6.04 Å². The van der Waals surface area contributed by atoms with Crippen LogP contribution < -0.4 is 0 Å². The van der Waals surface area contributed by atoms with E-state index in [1.54, 1.807) is 11.3 Å². The van der Waals surface area contributed by atoms with Gasteiger partial charge in [0.15, 0.2) is 17.5 Å². The van der Waals surface area contributed by atoms with Crippen LogP contribution in [0.2, 0.25) is 0 Å². The molecule has 0 unspecified atom stereocenters. The molecule has 0 amide bonds. The number of para-hydroxylation sites is 2. The molecule has 0 spiro atoms. The molecule has 0 aliphatic heterocycles. The van der Waals surface area contributed by atoms with Gasteiger partial charge >= 0.3 is 0 Å². The molecular formula is C51H30N4OS. The summed E-state index contributed by atoms with van der Waals surface area (Å²) in [5, 5.41) is 2.74. The number of hydrogen-bond donors (Lipinski definition) is 0. The predicted octanol–water partition coefficient (Wildman–Crippen LogP) is 13.9. The van der Waals surface area contributed by atoms with E-state index in [-0.39, 0.29) is 115 Å². The largest absolute Gasteiger partial charge is 0.456 e. The molecule has 0 N–H and O–H groups in total. The van der Waals surface area contributed by atoms with Gasteiger partial charge in [0.25, 0.3) is 0 Å². The van der Waals surface area contributed by atoms with Crippen molar-refractivity contribution in [1.82, 2.24) is 19.5 Å². The monoisotopic (exact) mass is 756 g/mol. The van der Waals surface area contributed by atoms with Crippen LogP contribution in [0, 0.1) is 0 Å². The number of aromatic nitrogens is 4. The molecule has 4 aromatic heterocycles. The van der Waals surface area contributed by atoms with Crippen LogP contribution in [0.4, 0.5) is 0 Å². The Balaban J connectivity index is 1.17. The van der Waals surface area contributed by atoms with Crippen LogP contribution in [-0.2, 0) is 0 Å². The molecule has 57 heavy (non-hydrogen) atoms. The summed E-state index contributed by atoms with van der Waals surface area (Å²) >= 11 is 1.68. The standard InChI is InChI=1S/C51H30N4OS/c1-3-14-31(15-4-1)34-20-11-21-38-37-29-28-33(30-45(37)57-48(34)38)50-52-49(32-16-5-2-6-17-32)53-51(54-50)39-22-12-26-43-46(39)47-42(25-13-27-44(47)56-43)55-40-23-9-7-18-35(40)36-19-8-10-24-41(36)55/h1-30H/i7D,8D,9D,12D,13D,18D,19D,24D,26D,27D. The molecule has 0 radical (unpaired) electrons. The van der Waals surface area contributed by atoms with E-state index in [9.17, 15) is 0 Å². The van der Waals surface area contributed by atoms with Gasteiger partial charge in [0, 0.05) is 53.0 Å². The minimum absolute atomic E-state index is 0.0461. The third-order valence-electron chi connectivity index (χ3n) is 10.4. The van der Waals surface area contributed by atoms with Crippen molar-refractivity contribution in [2.75, 3.05) is 0 Å². The van der Waals surface area contributed by atoms with Gasteiger partial charge in [0.2, 0.25) is 0 Å². The quantitative estimate of drug-likeness (QED) is 0.175. The van der Waals surface area contributed by atoms with Gasteiger partial charge in [-0.25, -0.2) is 15.0 Å². The molecular weight excluding hydrogens is 717 g/mol. The van der Waals surface area contributed by atoms with Crippen LogP contribution in [0.15, 0.2) is 186 Å². The van der Waals surface area contributed by atoms with Crippen molar-refractivity contribution >= 4 is 75.3 Å². The normalized spacial score (nSPS) is 14.3. The van der Waals surface area contributed by atoms with E-state index in [0.717, 1.165) is 31.3 Å². The van der Waals surface area contributed by atoms with Gasteiger partial charge in [-0.1, -0.05) is 145 Å². The average molecular weight is 757 g/mol. The lowest BCUT2D eigenvalue weighted by molar-refractivity contribution is 0.669. The molecule has 8 aromatic carbocycles. The summed E-state index contributed by atoms with van der Waals surface area (Å²) in [7, 11) is 0. The van der Waals surface area contributed by atoms with Crippen molar-refractivity contribution < 1.29 is 18.1 Å². The summed E-state index contributed by atoms with van der Waals surface area (Å²) in [5.41, 5.74) is 4.08. The van der Waals surface area contributed by atoms with Crippen LogP contribution in [-0.4, -0.2) is 19.5 Å². The highest BCUT2D eigenvalue weighted by Crippen LogP contribution is 2.44. The Morgan fingerprint density at radius 2 is 1.21 bits per heavy atom. The Morgan fingerprint density at radius 1 is 0.474 bits per heavy atom. The van der Waals surface area contributed by atoms with Gasteiger partial charge in [-0.05, 0) is 47.5 Å². The summed E-state index contributed by atoms with van der Waals surface area (Å²) < 4.78 is 99.1. The first-order chi connectivity index (χ1) is 32.4. The fourth-order valence-corrected chi connectivity index (χ4v) is 9.13. The number of fused-ring (bicyclic) bond motifs is 9. The van der Waals surface area contributed by atoms with E-state index in [1.165, 1.54) is 28.8 Å². The van der Waals surface area contributed by atoms with E-state index in [0.29, 0.717) is 22.8 Å². The second-order valence-electron chi connectivity index (χ2n) is 13.6. The third kappa shape index (κ3) is 4.98. The van der Waals surface area contributed by atoms with E-state index in [4.69, 9.17) is 33.1 Å². The molecule has 4 heterocycles. The zero-order valence-corrected chi connectivity index (χ0v) is 30.5. The van der Waals surface area contributed by atoms with Gasteiger partial charge < -0.3 is 8.98 Å². The molecule has 6 heteroatoms. The molecule has 0 saturated heterocycles. The number of benzene rings is 8. The van der Waals surface area contributed by atoms with Crippen LogP contribution in [0.25, 0.3) is 115 Å². The average Bonchev–Trinajstić information content (AvgIpc) is 4.04. The van der Waals surface area contributed by atoms with Crippen molar-refractivity contribution in [1.29, 1.82) is 0 Å². The lowest BCUT2D eigenvalue weighted by Gasteiger charge is -2.12. The second-order valence-corrected chi connectivity index (χ2v) is 14.6. The summed E-state index contributed by atoms with van der Waals surface area (Å²) in [6.07, 6.45) is 0. The summed E-state index contributed by atoms with van der Waals surface area (Å²) in [4.78, 5) is 15.1. The highest BCUT2D eigenvalue weighted by molar-refractivity contribution is 7.26. The number of rotatable bonds is 5.